The van der Waals surface area contributed by atoms with Crippen molar-refractivity contribution in [3.05, 3.63) is 42.0 Å². The highest BCUT2D eigenvalue weighted by atomic mass is 31.2. The zero-order valence-corrected chi connectivity index (χ0v) is 18.9. The van der Waals surface area contributed by atoms with Gasteiger partial charge in [-0.25, -0.2) is 0 Å². The molecule has 2 unspecified atom stereocenters. The van der Waals surface area contributed by atoms with E-state index in [0.717, 1.165) is 24.8 Å². The summed E-state index contributed by atoms with van der Waals surface area (Å²) < 4.78 is 11.7. The van der Waals surface area contributed by atoms with Crippen molar-refractivity contribution in [3.8, 4) is 0 Å². The highest BCUT2D eigenvalue weighted by Crippen LogP contribution is 2.47. The maximum Gasteiger partial charge on any atom is 0.226 e. The quantitative estimate of drug-likeness (QED) is 0.408. The molecule has 0 amide bonds. The summed E-state index contributed by atoms with van der Waals surface area (Å²) >= 11 is 0. The molecular formula is C24H35O5P. The molecule has 0 saturated heterocycles. The van der Waals surface area contributed by atoms with E-state index in [-0.39, 0.29) is 35.6 Å². The second kappa shape index (κ2) is 9.48. The van der Waals surface area contributed by atoms with E-state index >= 15 is 0 Å². The number of carbonyl (C=O) groups is 1. The average molecular weight is 435 g/mol. The maximum absolute atomic E-state index is 12.4. The van der Waals surface area contributed by atoms with Crippen molar-refractivity contribution in [2.24, 2.45) is 17.3 Å². The van der Waals surface area contributed by atoms with Crippen LogP contribution in [0.1, 0.15) is 57.4 Å². The van der Waals surface area contributed by atoms with Crippen molar-refractivity contribution in [2.75, 3.05) is 6.66 Å². The van der Waals surface area contributed by atoms with Crippen molar-refractivity contribution in [2.45, 2.75) is 70.5 Å². The smallest absolute Gasteiger partial charge is 0.226 e. The Labute approximate surface area is 179 Å². The molecule has 2 fully saturated rings. The molecule has 3 rings (SSSR count). The van der Waals surface area contributed by atoms with E-state index < -0.39 is 13.5 Å². The van der Waals surface area contributed by atoms with Gasteiger partial charge in [0.05, 0.1) is 12.2 Å². The van der Waals surface area contributed by atoms with Crippen LogP contribution in [0.2, 0.25) is 0 Å². The molecular weight excluding hydrogens is 399 g/mol. The van der Waals surface area contributed by atoms with E-state index in [1.165, 1.54) is 13.1 Å². The Balaban J connectivity index is 1.59. The number of hydrogen-bond donors (Lipinski definition) is 3. The predicted octanol–water partition coefficient (Wildman–Crippen LogP) is 3.60. The Morgan fingerprint density at radius 3 is 2.47 bits per heavy atom. The number of carbonyl (C=O) groups excluding carboxylic acids is 1. The Kier molecular flexibility index (Phi) is 7.40. The average Bonchev–Trinajstić information content (AvgIpc) is 2.92. The molecule has 5 nitrogen and oxygen atoms in total. The SMILES string of the molecule is CCC1(C(O)CC=C[C@H]2[C@H](O)CC(=O)[C@@H]2CCc2ccc(P(C)(=O)O)cc2)CCC1. The van der Waals surface area contributed by atoms with Gasteiger partial charge < -0.3 is 15.1 Å². The third kappa shape index (κ3) is 5.13. The summed E-state index contributed by atoms with van der Waals surface area (Å²) in [5, 5.41) is 21.4. The number of ketones is 1. The van der Waals surface area contributed by atoms with Gasteiger partial charge in [0.25, 0.3) is 0 Å². The van der Waals surface area contributed by atoms with Crippen LogP contribution < -0.4 is 5.30 Å². The highest BCUT2D eigenvalue weighted by Gasteiger charge is 2.42. The lowest BCUT2D eigenvalue weighted by molar-refractivity contribution is -0.121. The number of benzene rings is 1. The first-order chi connectivity index (χ1) is 14.2. The van der Waals surface area contributed by atoms with Crippen molar-refractivity contribution in [1.82, 2.24) is 0 Å². The molecule has 2 aliphatic rings. The lowest BCUT2D eigenvalue weighted by atomic mass is 9.63. The molecule has 0 aliphatic heterocycles. The van der Waals surface area contributed by atoms with Crippen LogP contribution >= 0.6 is 7.37 Å². The topological polar surface area (TPSA) is 94.8 Å². The molecule has 3 N–H and O–H groups in total. The van der Waals surface area contributed by atoms with Gasteiger partial charge in [-0.2, -0.15) is 0 Å². The molecule has 0 heterocycles. The van der Waals surface area contributed by atoms with Crippen molar-refractivity contribution in [3.63, 3.8) is 0 Å². The number of Topliss-reactive ketones (excluding diaryl/α,β-unsaturated/α-hetero) is 1. The minimum Gasteiger partial charge on any atom is -0.392 e. The van der Waals surface area contributed by atoms with Crippen molar-refractivity contribution < 1.29 is 24.5 Å². The predicted molar refractivity (Wildman–Crippen MR) is 119 cm³/mol. The van der Waals surface area contributed by atoms with Gasteiger partial charge in [-0.1, -0.05) is 37.6 Å². The lowest BCUT2D eigenvalue weighted by Crippen LogP contribution is -2.40. The largest absolute Gasteiger partial charge is 0.392 e. The van der Waals surface area contributed by atoms with Gasteiger partial charge in [0.15, 0.2) is 0 Å². The van der Waals surface area contributed by atoms with Crippen molar-refractivity contribution in [1.29, 1.82) is 0 Å². The first-order valence-electron chi connectivity index (χ1n) is 11.1. The molecule has 1 aromatic rings. The van der Waals surface area contributed by atoms with Gasteiger partial charge >= 0.3 is 0 Å². The minimum atomic E-state index is -3.26. The van der Waals surface area contributed by atoms with Crippen LogP contribution in [0.4, 0.5) is 0 Å². The second-order valence-electron chi connectivity index (χ2n) is 9.25. The molecule has 0 spiro atoms. The molecule has 2 saturated carbocycles. The van der Waals surface area contributed by atoms with E-state index in [1.807, 2.05) is 24.3 Å². The van der Waals surface area contributed by atoms with Crippen LogP contribution in [-0.4, -0.2) is 39.8 Å². The second-order valence-corrected chi connectivity index (χ2v) is 11.5. The van der Waals surface area contributed by atoms with Gasteiger partial charge in [0.1, 0.15) is 5.78 Å². The van der Waals surface area contributed by atoms with E-state index in [2.05, 4.69) is 6.92 Å². The normalized spacial score (nSPS) is 29.0. The molecule has 0 bridgehead atoms. The van der Waals surface area contributed by atoms with Crippen molar-refractivity contribution >= 4 is 18.5 Å². The Morgan fingerprint density at radius 1 is 1.27 bits per heavy atom. The summed E-state index contributed by atoms with van der Waals surface area (Å²) in [6.07, 6.45) is 9.25. The summed E-state index contributed by atoms with van der Waals surface area (Å²) in [5.41, 5.74) is 1.06. The lowest BCUT2D eigenvalue weighted by Gasteiger charge is -2.45. The van der Waals surface area contributed by atoms with Gasteiger partial charge in [-0.3, -0.25) is 9.36 Å². The van der Waals surface area contributed by atoms with E-state index in [4.69, 9.17) is 0 Å². The molecule has 1 aromatic carbocycles. The number of hydrogen-bond acceptors (Lipinski definition) is 4. The fraction of sp³-hybridized carbons (Fsp3) is 0.625. The summed E-state index contributed by atoms with van der Waals surface area (Å²) in [6, 6.07) is 7.01. The monoisotopic (exact) mass is 434 g/mol. The van der Waals surface area contributed by atoms with Gasteiger partial charge in [-0.15, -0.1) is 0 Å². The Morgan fingerprint density at radius 2 is 1.93 bits per heavy atom. The fourth-order valence-electron chi connectivity index (χ4n) is 5.02. The Bertz CT molecular complexity index is 800. The van der Waals surface area contributed by atoms with Crippen LogP contribution in [0.15, 0.2) is 36.4 Å². The van der Waals surface area contributed by atoms with Crippen LogP contribution in [0, 0.1) is 17.3 Å². The van der Waals surface area contributed by atoms with Crippen LogP contribution in [0.3, 0.4) is 0 Å². The van der Waals surface area contributed by atoms with Crippen LogP contribution in [0.25, 0.3) is 0 Å². The van der Waals surface area contributed by atoms with E-state index in [9.17, 15) is 24.5 Å². The zero-order chi connectivity index (χ0) is 21.9. The standard InChI is InChI=1S/C24H35O5P/c1-3-24(14-5-15-24)23(27)7-4-6-19-20(22(26)16-21(19)25)13-10-17-8-11-18(12-9-17)30(2,28)29/h4,6,8-9,11-12,19-21,23,25,27H,3,5,7,10,13-16H2,1-2H3,(H,28,29)/t19-,20-,21-,23?/m1/s1. The summed E-state index contributed by atoms with van der Waals surface area (Å²) in [4.78, 5) is 22.1. The van der Waals surface area contributed by atoms with Gasteiger partial charge in [0, 0.05) is 30.2 Å². The van der Waals surface area contributed by atoms with Gasteiger partial charge in [0.2, 0.25) is 7.37 Å². The zero-order valence-electron chi connectivity index (χ0n) is 18.0. The molecule has 6 heteroatoms. The highest BCUT2D eigenvalue weighted by molar-refractivity contribution is 7.65. The first-order valence-corrected chi connectivity index (χ1v) is 13.2. The van der Waals surface area contributed by atoms with Crippen LogP contribution in [0.5, 0.6) is 0 Å². The molecule has 0 radical (unpaired) electrons. The number of aryl methyl sites for hydroxylation is 1. The fourth-order valence-corrected chi connectivity index (χ4v) is 5.72. The maximum atomic E-state index is 12.4. The molecule has 0 aromatic heterocycles. The van der Waals surface area contributed by atoms with E-state index in [0.29, 0.717) is 24.6 Å². The number of rotatable bonds is 9. The molecule has 5 atom stereocenters. The Hall–Kier alpha value is -1.26. The summed E-state index contributed by atoms with van der Waals surface area (Å²) in [6.45, 7) is 3.45. The van der Waals surface area contributed by atoms with E-state index in [1.54, 1.807) is 12.1 Å². The third-order valence-electron chi connectivity index (χ3n) is 7.37. The molecule has 166 valence electrons. The van der Waals surface area contributed by atoms with Crippen LogP contribution in [-0.2, 0) is 15.8 Å². The summed E-state index contributed by atoms with van der Waals surface area (Å²) in [5.74, 6) is -0.352. The first kappa shape index (κ1) is 23.4. The van der Waals surface area contributed by atoms with Gasteiger partial charge in [-0.05, 0) is 61.6 Å². The molecule has 2 aliphatic carbocycles. The third-order valence-corrected chi connectivity index (χ3v) is 8.63. The number of aliphatic hydroxyl groups excluding tert-OH is 2. The number of aliphatic hydroxyl groups is 2. The summed E-state index contributed by atoms with van der Waals surface area (Å²) in [7, 11) is -3.26. The molecule has 30 heavy (non-hydrogen) atoms. The minimum absolute atomic E-state index is 0.0526.